The maximum absolute atomic E-state index is 11.3. The molecule has 0 aliphatic rings. The van der Waals surface area contributed by atoms with Crippen molar-refractivity contribution in [3.8, 4) is 11.5 Å². The van der Waals surface area contributed by atoms with E-state index in [9.17, 15) is 13.5 Å². The van der Waals surface area contributed by atoms with Gasteiger partial charge in [-0.2, -0.15) is 0 Å². The normalized spacial score (nSPS) is 11.3. The molecule has 0 bridgehead atoms. The monoisotopic (exact) mass is 230 g/mol. The molecule has 5 heteroatoms. The van der Waals surface area contributed by atoms with E-state index in [1.807, 2.05) is 0 Å². The van der Waals surface area contributed by atoms with Gasteiger partial charge in [0.15, 0.2) is 9.84 Å². The van der Waals surface area contributed by atoms with Gasteiger partial charge in [0.1, 0.15) is 11.5 Å². The number of ether oxygens (including phenoxy) is 1. The van der Waals surface area contributed by atoms with Crippen LogP contribution in [0.1, 0.15) is 12.5 Å². The van der Waals surface area contributed by atoms with E-state index in [2.05, 4.69) is 0 Å². The van der Waals surface area contributed by atoms with Crippen LogP contribution in [-0.4, -0.2) is 26.4 Å². The maximum Gasteiger partial charge on any atom is 0.154 e. The minimum Gasteiger partial charge on any atom is -0.507 e. The lowest BCUT2D eigenvalue weighted by Gasteiger charge is -2.06. The van der Waals surface area contributed by atoms with Crippen molar-refractivity contribution in [2.75, 3.05) is 12.9 Å². The fourth-order valence-electron chi connectivity index (χ4n) is 1.13. The lowest BCUT2D eigenvalue weighted by Crippen LogP contribution is -2.06. The molecule has 0 atom stereocenters. The van der Waals surface area contributed by atoms with E-state index in [-0.39, 0.29) is 17.3 Å². The van der Waals surface area contributed by atoms with Gasteiger partial charge < -0.3 is 9.84 Å². The summed E-state index contributed by atoms with van der Waals surface area (Å²) in [6.45, 7) is 1.58. The third-order valence-corrected chi connectivity index (χ3v) is 3.74. The minimum atomic E-state index is -3.12. The number of hydrogen-bond donors (Lipinski definition) is 1. The summed E-state index contributed by atoms with van der Waals surface area (Å²) in [4.78, 5) is 0. The molecule has 0 radical (unpaired) electrons. The zero-order valence-electron chi connectivity index (χ0n) is 8.73. The van der Waals surface area contributed by atoms with Gasteiger partial charge in [0, 0.05) is 17.4 Å². The van der Waals surface area contributed by atoms with Crippen LogP contribution in [0.3, 0.4) is 0 Å². The predicted octanol–water partition coefficient (Wildman–Crippen LogP) is 1.34. The van der Waals surface area contributed by atoms with Crippen molar-refractivity contribution < 1.29 is 18.3 Å². The van der Waals surface area contributed by atoms with Gasteiger partial charge in [-0.05, 0) is 6.07 Å². The van der Waals surface area contributed by atoms with E-state index in [0.717, 1.165) is 0 Å². The third-order valence-electron chi connectivity index (χ3n) is 2.11. The Morgan fingerprint density at radius 3 is 2.53 bits per heavy atom. The van der Waals surface area contributed by atoms with Gasteiger partial charge in [-0.25, -0.2) is 8.42 Å². The number of phenols is 1. The van der Waals surface area contributed by atoms with Crippen molar-refractivity contribution in [2.24, 2.45) is 0 Å². The summed E-state index contributed by atoms with van der Waals surface area (Å²) in [7, 11) is -1.63. The smallest absolute Gasteiger partial charge is 0.154 e. The zero-order valence-corrected chi connectivity index (χ0v) is 9.54. The number of methoxy groups -OCH3 is 1. The van der Waals surface area contributed by atoms with Crippen LogP contribution >= 0.6 is 0 Å². The number of sulfone groups is 1. The fraction of sp³-hybridized carbons (Fsp3) is 0.400. The van der Waals surface area contributed by atoms with Crippen molar-refractivity contribution >= 4 is 9.84 Å². The molecular weight excluding hydrogens is 216 g/mol. The second-order valence-electron chi connectivity index (χ2n) is 3.17. The molecule has 0 aliphatic carbocycles. The Labute approximate surface area is 89.4 Å². The SMILES string of the molecule is CCS(=O)(=O)Cc1ccc(OC)cc1O. The highest BCUT2D eigenvalue weighted by Crippen LogP contribution is 2.24. The van der Waals surface area contributed by atoms with E-state index in [4.69, 9.17) is 4.74 Å². The number of benzene rings is 1. The van der Waals surface area contributed by atoms with Crippen molar-refractivity contribution in [2.45, 2.75) is 12.7 Å². The summed E-state index contributed by atoms with van der Waals surface area (Å²) in [5.74, 6) is 0.383. The first-order valence-electron chi connectivity index (χ1n) is 4.55. The van der Waals surface area contributed by atoms with E-state index in [0.29, 0.717) is 11.3 Å². The summed E-state index contributed by atoms with van der Waals surface area (Å²) >= 11 is 0. The average Bonchev–Trinajstić information content (AvgIpc) is 2.21. The van der Waals surface area contributed by atoms with Gasteiger partial charge in [-0.15, -0.1) is 0 Å². The van der Waals surface area contributed by atoms with E-state index in [1.54, 1.807) is 19.1 Å². The van der Waals surface area contributed by atoms with Crippen LogP contribution in [0.2, 0.25) is 0 Å². The van der Waals surface area contributed by atoms with Gasteiger partial charge in [-0.3, -0.25) is 0 Å². The number of rotatable bonds is 4. The molecule has 0 spiro atoms. The molecule has 15 heavy (non-hydrogen) atoms. The highest BCUT2D eigenvalue weighted by atomic mass is 32.2. The van der Waals surface area contributed by atoms with Crippen molar-refractivity contribution in [1.29, 1.82) is 0 Å². The molecule has 1 aromatic rings. The standard InChI is InChI=1S/C10H14O4S/c1-3-15(12,13)7-8-4-5-9(14-2)6-10(8)11/h4-6,11H,3,7H2,1-2H3. The van der Waals surface area contributed by atoms with Crippen LogP contribution < -0.4 is 4.74 Å². The van der Waals surface area contributed by atoms with Gasteiger partial charge in [0.05, 0.1) is 12.9 Å². The largest absolute Gasteiger partial charge is 0.507 e. The van der Waals surface area contributed by atoms with Crippen molar-refractivity contribution in [3.63, 3.8) is 0 Å². The van der Waals surface area contributed by atoms with Crippen molar-refractivity contribution in [3.05, 3.63) is 23.8 Å². The maximum atomic E-state index is 11.3. The second kappa shape index (κ2) is 4.53. The van der Waals surface area contributed by atoms with Gasteiger partial charge in [0.2, 0.25) is 0 Å². The van der Waals surface area contributed by atoms with E-state index >= 15 is 0 Å². The zero-order chi connectivity index (χ0) is 11.5. The molecule has 0 aliphatic heterocycles. The molecule has 0 fully saturated rings. The molecule has 0 heterocycles. The topological polar surface area (TPSA) is 63.6 Å². The lowest BCUT2D eigenvalue weighted by molar-refractivity contribution is 0.406. The van der Waals surface area contributed by atoms with Gasteiger partial charge in [0.25, 0.3) is 0 Å². The average molecular weight is 230 g/mol. The summed E-state index contributed by atoms with van der Waals surface area (Å²) in [6, 6.07) is 4.59. The number of hydrogen-bond acceptors (Lipinski definition) is 4. The Morgan fingerprint density at radius 2 is 2.07 bits per heavy atom. The number of phenolic OH excluding ortho intramolecular Hbond substituents is 1. The Morgan fingerprint density at radius 1 is 1.40 bits per heavy atom. The molecule has 1 rings (SSSR count). The van der Waals surface area contributed by atoms with Crippen LogP contribution in [0.4, 0.5) is 0 Å². The molecule has 4 nitrogen and oxygen atoms in total. The Kier molecular flexibility index (Phi) is 3.57. The first-order chi connectivity index (χ1) is 6.98. The third kappa shape index (κ3) is 3.13. The molecule has 0 unspecified atom stereocenters. The Balaban J connectivity index is 2.97. The predicted molar refractivity (Wildman–Crippen MR) is 57.8 cm³/mol. The highest BCUT2D eigenvalue weighted by molar-refractivity contribution is 7.90. The lowest BCUT2D eigenvalue weighted by atomic mass is 10.2. The molecule has 0 saturated heterocycles. The summed E-state index contributed by atoms with van der Waals surface area (Å²) < 4.78 is 27.6. The summed E-state index contributed by atoms with van der Waals surface area (Å²) in [5.41, 5.74) is 0.401. The van der Waals surface area contributed by atoms with Gasteiger partial charge >= 0.3 is 0 Å². The van der Waals surface area contributed by atoms with Crippen LogP contribution in [0.25, 0.3) is 0 Å². The molecule has 0 amide bonds. The highest BCUT2D eigenvalue weighted by Gasteiger charge is 2.12. The minimum absolute atomic E-state index is 0.0497. The molecule has 1 aromatic carbocycles. The van der Waals surface area contributed by atoms with Crippen LogP contribution in [0.15, 0.2) is 18.2 Å². The molecule has 1 N–H and O–H groups in total. The van der Waals surface area contributed by atoms with Crippen molar-refractivity contribution in [1.82, 2.24) is 0 Å². The fourth-order valence-corrected chi connectivity index (χ4v) is 2.05. The van der Waals surface area contributed by atoms with Crippen LogP contribution in [0, 0.1) is 0 Å². The first-order valence-corrected chi connectivity index (χ1v) is 6.37. The Hall–Kier alpha value is -1.23. The molecular formula is C10H14O4S. The van der Waals surface area contributed by atoms with E-state index in [1.165, 1.54) is 13.2 Å². The summed E-state index contributed by atoms with van der Waals surface area (Å²) in [6.07, 6.45) is 0. The van der Waals surface area contributed by atoms with Gasteiger partial charge in [-0.1, -0.05) is 13.0 Å². The molecule has 0 aromatic heterocycles. The quantitative estimate of drug-likeness (QED) is 0.847. The molecule has 84 valence electrons. The Bertz CT molecular complexity index is 437. The number of aromatic hydroxyl groups is 1. The van der Waals surface area contributed by atoms with E-state index < -0.39 is 9.84 Å². The molecule has 0 saturated carbocycles. The first kappa shape index (κ1) is 11.8. The second-order valence-corrected chi connectivity index (χ2v) is 5.52. The van der Waals surface area contributed by atoms with Crippen LogP contribution in [0.5, 0.6) is 11.5 Å². The summed E-state index contributed by atoms with van der Waals surface area (Å²) in [5, 5.41) is 9.54. The van der Waals surface area contributed by atoms with Crippen LogP contribution in [-0.2, 0) is 15.6 Å².